The number of carbonyl (C=O) groups excluding carboxylic acids is 1. The molecule has 4 heteroatoms. The van der Waals surface area contributed by atoms with Gasteiger partial charge in [-0.15, -0.1) is 0 Å². The van der Waals surface area contributed by atoms with Gasteiger partial charge in [-0.05, 0) is 12.5 Å². The number of anilines is 1. The maximum atomic E-state index is 11.3. The van der Waals surface area contributed by atoms with E-state index in [1.54, 1.807) is 12.3 Å². The highest BCUT2D eigenvalue weighted by Crippen LogP contribution is 2.06. The second-order valence-electron chi connectivity index (χ2n) is 3.19. The number of nitrogen functional groups attached to an aromatic ring is 1. The average Bonchev–Trinajstić information content (AvgIpc) is 2.59. The Kier molecular flexibility index (Phi) is 4.04. The van der Waals surface area contributed by atoms with Crippen LogP contribution in [0.2, 0.25) is 0 Å². The number of nitrogens with one attached hydrogen (secondary N) is 1. The number of rotatable bonds is 5. The molecule has 0 saturated carbocycles. The van der Waals surface area contributed by atoms with E-state index in [0.29, 0.717) is 18.0 Å². The van der Waals surface area contributed by atoms with Crippen LogP contribution in [0.15, 0.2) is 12.3 Å². The Morgan fingerprint density at radius 3 is 2.93 bits per heavy atom. The maximum Gasteiger partial charge on any atom is 0.354 e. The monoisotopic (exact) mass is 196 g/mol. The molecule has 0 saturated heterocycles. The lowest BCUT2D eigenvalue weighted by Crippen LogP contribution is -2.06. The lowest BCUT2D eigenvalue weighted by atomic mass is 10.3. The molecule has 0 unspecified atom stereocenters. The first-order valence-electron chi connectivity index (χ1n) is 4.85. The molecule has 1 rings (SSSR count). The zero-order valence-corrected chi connectivity index (χ0v) is 8.38. The molecule has 4 nitrogen and oxygen atoms in total. The number of hydrogen-bond acceptors (Lipinski definition) is 3. The maximum absolute atomic E-state index is 11.3. The van der Waals surface area contributed by atoms with Crippen LogP contribution in [0.4, 0.5) is 5.69 Å². The van der Waals surface area contributed by atoms with Crippen molar-refractivity contribution in [3.63, 3.8) is 0 Å². The van der Waals surface area contributed by atoms with E-state index in [-0.39, 0.29) is 5.97 Å². The second kappa shape index (κ2) is 5.32. The number of carbonyl (C=O) groups is 1. The number of H-pyrrole nitrogens is 1. The van der Waals surface area contributed by atoms with Crippen molar-refractivity contribution in [2.24, 2.45) is 0 Å². The number of hydrogen-bond donors (Lipinski definition) is 2. The molecule has 0 fully saturated rings. The van der Waals surface area contributed by atoms with Crippen LogP contribution in [-0.2, 0) is 4.74 Å². The third kappa shape index (κ3) is 3.12. The molecule has 0 spiro atoms. The Morgan fingerprint density at radius 2 is 2.36 bits per heavy atom. The topological polar surface area (TPSA) is 68.1 Å². The number of ether oxygens (including phenoxy) is 1. The summed E-state index contributed by atoms with van der Waals surface area (Å²) in [6, 6.07) is 1.57. The molecule has 0 bridgehead atoms. The summed E-state index contributed by atoms with van der Waals surface area (Å²) in [5.74, 6) is -0.335. The van der Waals surface area contributed by atoms with Gasteiger partial charge in [0.2, 0.25) is 0 Å². The molecule has 1 aromatic rings. The first-order chi connectivity index (χ1) is 6.74. The standard InChI is InChI=1S/C10H16N2O2/c1-2-3-4-5-14-10(13)9-6-8(11)7-12-9/h6-7,12H,2-5,11H2,1H3. The van der Waals surface area contributed by atoms with Crippen LogP contribution in [0, 0.1) is 0 Å². The minimum absolute atomic E-state index is 0.335. The van der Waals surface area contributed by atoms with E-state index in [4.69, 9.17) is 10.5 Å². The van der Waals surface area contributed by atoms with Gasteiger partial charge in [-0.3, -0.25) is 0 Å². The summed E-state index contributed by atoms with van der Waals surface area (Å²) in [5, 5.41) is 0. The summed E-state index contributed by atoms with van der Waals surface area (Å²) in [6.07, 6.45) is 4.69. The van der Waals surface area contributed by atoms with Gasteiger partial charge in [0.15, 0.2) is 0 Å². The lowest BCUT2D eigenvalue weighted by molar-refractivity contribution is 0.0492. The minimum Gasteiger partial charge on any atom is -0.461 e. The molecule has 14 heavy (non-hydrogen) atoms. The smallest absolute Gasteiger partial charge is 0.354 e. The van der Waals surface area contributed by atoms with E-state index in [0.717, 1.165) is 19.3 Å². The minimum atomic E-state index is -0.335. The van der Waals surface area contributed by atoms with Crippen molar-refractivity contribution in [2.45, 2.75) is 26.2 Å². The first-order valence-corrected chi connectivity index (χ1v) is 4.85. The quantitative estimate of drug-likeness (QED) is 0.558. The number of aromatic nitrogens is 1. The summed E-state index contributed by atoms with van der Waals surface area (Å²) >= 11 is 0. The van der Waals surface area contributed by atoms with Gasteiger partial charge in [-0.1, -0.05) is 19.8 Å². The van der Waals surface area contributed by atoms with Crippen molar-refractivity contribution in [2.75, 3.05) is 12.3 Å². The SMILES string of the molecule is CCCCCOC(=O)c1cc(N)c[nH]1. The molecular formula is C10H16N2O2. The van der Waals surface area contributed by atoms with Crippen LogP contribution in [0.25, 0.3) is 0 Å². The molecule has 0 aliphatic heterocycles. The van der Waals surface area contributed by atoms with E-state index in [2.05, 4.69) is 11.9 Å². The zero-order valence-electron chi connectivity index (χ0n) is 8.38. The first kappa shape index (κ1) is 10.6. The zero-order chi connectivity index (χ0) is 10.4. The Hall–Kier alpha value is -1.45. The molecule has 0 atom stereocenters. The lowest BCUT2D eigenvalue weighted by Gasteiger charge is -2.01. The highest BCUT2D eigenvalue weighted by Gasteiger charge is 2.07. The fraction of sp³-hybridized carbons (Fsp3) is 0.500. The van der Waals surface area contributed by atoms with Crippen molar-refractivity contribution >= 4 is 11.7 Å². The molecule has 0 aliphatic rings. The molecule has 0 aliphatic carbocycles. The van der Waals surface area contributed by atoms with E-state index in [9.17, 15) is 4.79 Å². The highest BCUT2D eigenvalue weighted by molar-refractivity contribution is 5.88. The van der Waals surface area contributed by atoms with Crippen molar-refractivity contribution in [1.29, 1.82) is 0 Å². The third-order valence-corrected chi connectivity index (χ3v) is 1.91. The summed E-state index contributed by atoms with van der Waals surface area (Å²) < 4.78 is 5.02. The van der Waals surface area contributed by atoms with Gasteiger partial charge in [-0.25, -0.2) is 4.79 Å². The van der Waals surface area contributed by atoms with Crippen molar-refractivity contribution in [3.8, 4) is 0 Å². The Bertz CT molecular complexity index is 294. The van der Waals surface area contributed by atoms with E-state index in [1.165, 1.54) is 0 Å². The number of esters is 1. The second-order valence-corrected chi connectivity index (χ2v) is 3.19. The molecule has 78 valence electrons. The number of aromatic amines is 1. The third-order valence-electron chi connectivity index (χ3n) is 1.91. The Morgan fingerprint density at radius 1 is 1.57 bits per heavy atom. The normalized spacial score (nSPS) is 10.1. The Labute approximate surface area is 83.4 Å². The van der Waals surface area contributed by atoms with Crippen LogP contribution in [0.5, 0.6) is 0 Å². The van der Waals surface area contributed by atoms with Gasteiger partial charge in [0, 0.05) is 6.20 Å². The molecule has 0 amide bonds. The van der Waals surface area contributed by atoms with Crippen molar-refractivity contribution in [3.05, 3.63) is 18.0 Å². The molecular weight excluding hydrogens is 180 g/mol. The largest absolute Gasteiger partial charge is 0.461 e. The summed E-state index contributed by atoms with van der Waals surface area (Å²) in [5.41, 5.74) is 6.42. The molecule has 0 radical (unpaired) electrons. The predicted molar refractivity (Wildman–Crippen MR) is 55.0 cm³/mol. The molecule has 3 N–H and O–H groups in total. The van der Waals surface area contributed by atoms with Gasteiger partial charge in [0.1, 0.15) is 5.69 Å². The summed E-state index contributed by atoms with van der Waals surface area (Å²) in [4.78, 5) is 14.1. The van der Waals surface area contributed by atoms with Crippen molar-refractivity contribution < 1.29 is 9.53 Å². The summed E-state index contributed by atoms with van der Waals surface area (Å²) in [6.45, 7) is 2.58. The summed E-state index contributed by atoms with van der Waals surface area (Å²) in [7, 11) is 0. The fourth-order valence-electron chi connectivity index (χ4n) is 1.12. The Balaban J connectivity index is 2.29. The van der Waals surface area contributed by atoms with Gasteiger partial charge in [0.05, 0.1) is 12.3 Å². The van der Waals surface area contributed by atoms with Gasteiger partial charge >= 0.3 is 5.97 Å². The highest BCUT2D eigenvalue weighted by atomic mass is 16.5. The van der Waals surface area contributed by atoms with Gasteiger partial charge in [-0.2, -0.15) is 0 Å². The van der Waals surface area contributed by atoms with Crippen LogP contribution >= 0.6 is 0 Å². The average molecular weight is 196 g/mol. The van der Waals surface area contributed by atoms with Crippen LogP contribution in [0.3, 0.4) is 0 Å². The van der Waals surface area contributed by atoms with Gasteiger partial charge in [0.25, 0.3) is 0 Å². The van der Waals surface area contributed by atoms with Crippen LogP contribution < -0.4 is 5.73 Å². The number of unbranched alkanes of at least 4 members (excludes halogenated alkanes) is 2. The molecule has 0 aromatic carbocycles. The van der Waals surface area contributed by atoms with E-state index >= 15 is 0 Å². The molecule has 1 aromatic heterocycles. The van der Waals surface area contributed by atoms with Crippen LogP contribution in [-0.4, -0.2) is 17.6 Å². The van der Waals surface area contributed by atoms with E-state index in [1.807, 2.05) is 0 Å². The molecule has 1 heterocycles. The fourth-order valence-corrected chi connectivity index (χ4v) is 1.12. The van der Waals surface area contributed by atoms with Crippen LogP contribution in [0.1, 0.15) is 36.7 Å². The van der Waals surface area contributed by atoms with Gasteiger partial charge < -0.3 is 15.5 Å². The predicted octanol–water partition coefficient (Wildman–Crippen LogP) is 1.94. The van der Waals surface area contributed by atoms with E-state index < -0.39 is 0 Å². The number of nitrogens with two attached hydrogens (primary N) is 1. The van der Waals surface area contributed by atoms with Crippen molar-refractivity contribution in [1.82, 2.24) is 4.98 Å².